The first-order valence-corrected chi connectivity index (χ1v) is 17.4. The van der Waals surface area contributed by atoms with E-state index in [-0.39, 0.29) is 49.5 Å². The number of para-hydroxylation sites is 1. The van der Waals surface area contributed by atoms with Crippen LogP contribution in [0.2, 0.25) is 0 Å². The fourth-order valence-electron chi connectivity index (χ4n) is 5.57. The molecule has 0 radical (unpaired) electrons. The fraction of sp³-hybridized carbons (Fsp3) is 0.394. The summed E-state index contributed by atoms with van der Waals surface area (Å²) in [4.78, 5) is 29.5. The third-order valence-electron chi connectivity index (χ3n) is 7.74. The van der Waals surface area contributed by atoms with Gasteiger partial charge >= 0.3 is 0 Å². The second kappa shape index (κ2) is 15.5. The number of rotatable bonds is 13. The van der Waals surface area contributed by atoms with Crippen molar-refractivity contribution in [2.24, 2.45) is 0 Å². The van der Waals surface area contributed by atoms with Crippen LogP contribution in [-0.4, -0.2) is 50.0 Å². The summed E-state index contributed by atoms with van der Waals surface area (Å²) in [5, 5.41) is 3.22. The predicted molar refractivity (Wildman–Crippen MR) is 171 cm³/mol. The fourth-order valence-corrected chi connectivity index (χ4v) is 6.98. The van der Waals surface area contributed by atoms with Crippen molar-refractivity contribution in [1.82, 2.24) is 10.2 Å². The van der Waals surface area contributed by atoms with Gasteiger partial charge in [-0.2, -0.15) is 0 Å². The van der Waals surface area contributed by atoms with Crippen LogP contribution in [0.3, 0.4) is 0 Å². The summed E-state index contributed by atoms with van der Waals surface area (Å²) in [5.41, 5.74) is 1.73. The molecule has 1 saturated carbocycles. The second-order valence-corrected chi connectivity index (χ2v) is 13.9. The third kappa shape index (κ3) is 9.63. The van der Waals surface area contributed by atoms with Gasteiger partial charge in [0, 0.05) is 36.4 Å². The van der Waals surface area contributed by atoms with Crippen molar-refractivity contribution >= 4 is 43.5 Å². The number of anilines is 1. The third-order valence-corrected chi connectivity index (χ3v) is 9.41. The standard InChI is InChI=1S/C33H39BrFN3O4S/c1-43(41,42)38(30-19-9-8-18-29(30)35)21-11-20-32(39)37(24-26-14-10-15-27(34)22-26)31(23-25-12-4-2-5-13-25)33(40)36-28-16-6-3-7-17-28/h2,4-5,8-10,12-15,18-19,22,28,31H,3,6-7,11,16-17,20-21,23-24H2,1H3,(H,36,40)/t31-/m1/s1. The first-order chi connectivity index (χ1) is 20.6. The lowest BCUT2D eigenvalue weighted by Gasteiger charge is -2.34. The van der Waals surface area contributed by atoms with Crippen molar-refractivity contribution in [3.8, 4) is 0 Å². The average molecular weight is 673 g/mol. The van der Waals surface area contributed by atoms with E-state index in [9.17, 15) is 22.4 Å². The van der Waals surface area contributed by atoms with Crippen LogP contribution in [0.4, 0.5) is 10.1 Å². The molecule has 230 valence electrons. The Morgan fingerprint density at radius 3 is 2.30 bits per heavy atom. The first-order valence-electron chi connectivity index (χ1n) is 14.7. The van der Waals surface area contributed by atoms with Crippen LogP contribution in [0.5, 0.6) is 0 Å². The summed E-state index contributed by atoms with van der Waals surface area (Å²) in [6.07, 6.45) is 6.61. The maximum atomic E-state index is 14.5. The summed E-state index contributed by atoms with van der Waals surface area (Å²) in [7, 11) is -3.80. The molecule has 3 aromatic carbocycles. The highest BCUT2D eigenvalue weighted by Crippen LogP contribution is 2.24. The van der Waals surface area contributed by atoms with Crippen LogP contribution in [0.15, 0.2) is 83.3 Å². The van der Waals surface area contributed by atoms with Crippen molar-refractivity contribution in [2.75, 3.05) is 17.1 Å². The number of benzene rings is 3. The van der Waals surface area contributed by atoms with E-state index in [4.69, 9.17) is 0 Å². The van der Waals surface area contributed by atoms with Crippen LogP contribution < -0.4 is 9.62 Å². The summed E-state index contributed by atoms with van der Waals surface area (Å²) < 4.78 is 41.5. The molecule has 0 saturated heterocycles. The zero-order valence-corrected chi connectivity index (χ0v) is 26.8. The number of carbonyl (C=O) groups is 2. The molecule has 4 rings (SSSR count). The topological polar surface area (TPSA) is 86.8 Å². The normalized spacial score (nSPS) is 14.6. The molecule has 3 aromatic rings. The molecular weight excluding hydrogens is 633 g/mol. The van der Waals surface area contributed by atoms with Crippen LogP contribution in [0, 0.1) is 5.82 Å². The van der Waals surface area contributed by atoms with Gasteiger partial charge < -0.3 is 10.2 Å². The van der Waals surface area contributed by atoms with E-state index in [1.54, 1.807) is 11.0 Å². The average Bonchev–Trinajstić information content (AvgIpc) is 2.98. The molecule has 1 fully saturated rings. The van der Waals surface area contributed by atoms with Gasteiger partial charge in [0.15, 0.2) is 0 Å². The number of nitrogens with one attached hydrogen (secondary N) is 1. The number of carbonyl (C=O) groups excluding carboxylic acids is 2. The number of amides is 2. The molecule has 1 aliphatic carbocycles. The largest absolute Gasteiger partial charge is 0.352 e. The Bertz CT molecular complexity index is 1480. The Labute approximate surface area is 262 Å². The minimum atomic E-state index is -3.80. The van der Waals surface area contributed by atoms with E-state index in [0.717, 1.165) is 58.3 Å². The molecule has 1 aliphatic rings. The Hall–Kier alpha value is -3.24. The Balaban J connectivity index is 1.59. The second-order valence-electron chi connectivity index (χ2n) is 11.1. The Morgan fingerprint density at radius 1 is 0.953 bits per heavy atom. The SMILES string of the molecule is CS(=O)(=O)N(CCCC(=O)N(Cc1cccc(Br)c1)[C@H](Cc1ccccc1)C(=O)NC1CCCCC1)c1ccccc1F. The molecule has 7 nitrogen and oxygen atoms in total. The Morgan fingerprint density at radius 2 is 1.63 bits per heavy atom. The van der Waals surface area contributed by atoms with E-state index < -0.39 is 21.9 Å². The van der Waals surface area contributed by atoms with Gasteiger partial charge in [-0.3, -0.25) is 13.9 Å². The van der Waals surface area contributed by atoms with E-state index in [2.05, 4.69) is 21.2 Å². The lowest BCUT2D eigenvalue weighted by atomic mass is 9.94. The van der Waals surface area contributed by atoms with Crippen LogP contribution in [-0.2, 0) is 32.6 Å². The molecule has 2 amide bonds. The minimum Gasteiger partial charge on any atom is -0.352 e. The quantitative estimate of drug-likeness (QED) is 0.234. The van der Waals surface area contributed by atoms with Gasteiger partial charge in [0.2, 0.25) is 21.8 Å². The molecule has 0 bridgehead atoms. The number of halogens is 2. The van der Waals surface area contributed by atoms with Crippen LogP contribution in [0.1, 0.15) is 56.1 Å². The van der Waals surface area contributed by atoms with E-state index in [0.29, 0.717) is 6.42 Å². The molecule has 0 unspecified atom stereocenters. The smallest absolute Gasteiger partial charge is 0.243 e. The maximum Gasteiger partial charge on any atom is 0.243 e. The number of hydrogen-bond acceptors (Lipinski definition) is 4. The molecule has 43 heavy (non-hydrogen) atoms. The van der Waals surface area contributed by atoms with Gasteiger partial charge in [-0.25, -0.2) is 12.8 Å². The molecule has 0 heterocycles. The number of sulfonamides is 1. The van der Waals surface area contributed by atoms with E-state index in [1.807, 2.05) is 54.6 Å². The molecular formula is C33H39BrFN3O4S. The molecule has 0 aromatic heterocycles. The predicted octanol–water partition coefficient (Wildman–Crippen LogP) is 6.22. The van der Waals surface area contributed by atoms with Gasteiger partial charge in [-0.05, 0) is 54.7 Å². The van der Waals surface area contributed by atoms with Crippen molar-refractivity contribution < 1.29 is 22.4 Å². The molecule has 10 heteroatoms. The molecule has 1 N–H and O–H groups in total. The highest BCUT2D eigenvalue weighted by atomic mass is 79.9. The highest BCUT2D eigenvalue weighted by Gasteiger charge is 2.32. The monoisotopic (exact) mass is 671 g/mol. The van der Waals surface area contributed by atoms with Crippen LogP contribution in [0.25, 0.3) is 0 Å². The first kappa shape index (κ1) is 32.7. The zero-order chi connectivity index (χ0) is 30.8. The molecule has 1 atom stereocenters. The number of nitrogens with zero attached hydrogens (tertiary/aromatic N) is 2. The van der Waals surface area contributed by atoms with Crippen molar-refractivity contribution in [3.05, 3.63) is 100 Å². The van der Waals surface area contributed by atoms with Gasteiger partial charge in [0.25, 0.3) is 0 Å². The van der Waals surface area contributed by atoms with Crippen LogP contribution >= 0.6 is 15.9 Å². The summed E-state index contributed by atoms with van der Waals surface area (Å²) in [6.45, 7) is 0.130. The minimum absolute atomic E-state index is 0.0174. The van der Waals surface area contributed by atoms with E-state index >= 15 is 0 Å². The van der Waals surface area contributed by atoms with Gasteiger partial charge in [0.05, 0.1) is 11.9 Å². The van der Waals surface area contributed by atoms with Crippen molar-refractivity contribution in [2.45, 2.75) is 70.0 Å². The summed E-state index contributed by atoms with van der Waals surface area (Å²) in [6, 6.07) is 22.2. The Kier molecular flexibility index (Phi) is 11.8. The molecule has 0 aliphatic heterocycles. The highest BCUT2D eigenvalue weighted by molar-refractivity contribution is 9.10. The van der Waals surface area contributed by atoms with E-state index in [1.165, 1.54) is 18.2 Å². The molecule has 0 spiro atoms. The lowest BCUT2D eigenvalue weighted by Crippen LogP contribution is -2.53. The van der Waals surface area contributed by atoms with Crippen molar-refractivity contribution in [3.63, 3.8) is 0 Å². The number of hydrogen-bond donors (Lipinski definition) is 1. The summed E-state index contributed by atoms with van der Waals surface area (Å²) >= 11 is 3.50. The van der Waals surface area contributed by atoms with Gasteiger partial charge in [-0.1, -0.05) is 89.8 Å². The van der Waals surface area contributed by atoms with Gasteiger partial charge in [-0.15, -0.1) is 0 Å². The van der Waals surface area contributed by atoms with Gasteiger partial charge in [0.1, 0.15) is 11.9 Å². The maximum absolute atomic E-state index is 14.5. The van der Waals surface area contributed by atoms with Crippen molar-refractivity contribution in [1.29, 1.82) is 0 Å². The zero-order valence-electron chi connectivity index (χ0n) is 24.4. The summed E-state index contributed by atoms with van der Waals surface area (Å²) in [5.74, 6) is -1.12. The lowest BCUT2D eigenvalue weighted by molar-refractivity contribution is -0.141.